The molecule has 6 heteroatoms. The quantitative estimate of drug-likeness (QED) is 0.627. The third kappa shape index (κ3) is 4.69. The van der Waals surface area contributed by atoms with Crippen LogP contribution in [-0.4, -0.2) is 34.2 Å². The summed E-state index contributed by atoms with van der Waals surface area (Å²) < 4.78 is 5.15. The van der Waals surface area contributed by atoms with Gasteiger partial charge >= 0.3 is 5.97 Å². The van der Waals surface area contributed by atoms with Gasteiger partial charge in [0.1, 0.15) is 12.1 Å². The second-order valence-electron chi connectivity index (χ2n) is 6.27. The summed E-state index contributed by atoms with van der Waals surface area (Å²) in [6, 6.07) is 7.61. The Balaban J connectivity index is 2.12. The number of aryl methyl sites for hydroxylation is 1. The molecule has 1 aromatic rings. The third-order valence-electron chi connectivity index (χ3n) is 2.92. The molecule has 1 aromatic carbocycles. The van der Waals surface area contributed by atoms with E-state index in [0.29, 0.717) is 4.91 Å². The second kappa shape index (κ2) is 6.58. The zero-order valence-electron chi connectivity index (χ0n) is 13.6. The van der Waals surface area contributed by atoms with E-state index in [9.17, 15) is 14.4 Å². The van der Waals surface area contributed by atoms with Crippen LogP contribution in [0.4, 0.5) is 4.79 Å². The third-order valence-corrected chi connectivity index (χ3v) is 3.83. The monoisotopic (exact) mass is 333 g/mol. The van der Waals surface area contributed by atoms with Gasteiger partial charge in [-0.15, -0.1) is 0 Å². The smallest absolute Gasteiger partial charge is 0.326 e. The first kappa shape index (κ1) is 17.3. The Hall–Kier alpha value is -2.08. The van der Waals surface area contributed by atoms with Crippen LogP contribution in [0.25, 0.3) is 6.08 Å². The number of esters is 1. The van der Waals surface area contributed by atoms with Gasteiger partial charge in [0.25, 0.3) is 11.1 Å². The standard InChI is InChI=1S/C17H19NO4S/c1-11-6-5-7-12(8-11)9-13-15(20)18(16(21)23-13)10-14(19)22-17(2,3)4/h5-9H,10H2,1-4H3. The van der Waals surface area contributed by atoms with Crippen molar-refractivity contribution in [3.63, 3.8) is 0 Å². The van der Waals surface area contributed by atoms with Gasteiger partial charge in [-0.05, 0) is 51.1 Å². The molecule has 23 heavy (non-hydrogen) atoms. The molecule has 0 radical (unpaired) electrons. The van der Waals surface area contributed by atoms with E-state index in [2.05, 4.69) is 0 Å². The van der Waals surface area contributed by atoms with Gasteiger partial charge in [-0.2, -0.15) is 0 Å². The highest BCUT2D eigenvalue weighted by Crippen LogP contribution is 2.32. The van der Waals surface area contributed by atoms with Crippen LogP contribution in [0.3, 0.4) is 0 Å². The van der Waals surface area contributed by atoms with E-state index in [1.54, 1.807) is 26.8 Å². The van der Waals surface area contributed by atoms with E-state index < -0.39 is 22.7 Å². The molecule has 0 N–H and O–H groups in total. The summed E-state index contributed by atoms with van der Waals surface area (Å²) in [5.74, 6) is -1.07. The Labute approximate surface area is 139 Å². The number of thioether (sulfide) groups is 1. The number of carbonyl (C=O) groups excluding carboxylic acids is 3. The maximum Gasteiger partial charge on any atom is 0.326 e. The number of hydrogen-bond donors (Lipinski definition) is 0. The minimum absolute atomic E-state index is 0.309. The van der Waals surface area contributed by atoms with Crippen molar-refractivity contribution < 1.29 is 19.1 Å². The molecular formula is C17H19NO4S. The summed E-state index contributed by atoms with van der Waals surface area (Å²) in [6.07, 6.45) is 1.66. The highest BCUT2D eigenvalue weighted by Gasteiger charge is 2.37. The number of carbonyl (C=O) groups is 3. The van der Waals surface area contributed by atoms with Gasteiger partial charge in [-0.1, -0.05) is 29.8 Å². The number of nitrogens with zero attached hydrogens (tertiary/aromatic N) is 1. The average Bonchev–Trinajstić information content (AvgIpc) is 2.64. The van der Waals surface area contributed by atoms with Crippen molar-refractivity contribution in [2.75, 3.05) is 6.54 Å². The predicted octanol–water partition coefficient (Wildman–Crippen LogP) is 3.37. The van der Waals surface area contributed by atoms with Crippen molar-refractivity contribution in [2.45, 2.75) is 33.3 Å². The van der Waals surface area contributed by atoms with Crippen LogP contribution in [0.15, 0.2) is 29.2 Å². The summed E-state index contributed by atoms with van der Waals surface area (Å²) in [6.45, 7) is 6.78. The van der Waals surface area contributed by atoms with Gasteiger partial charge in [0.05, 0.1) is 4.91 Å². The van der Waals surface area contributed by atoms with Crippen molar-refractivity contribution in [2.24, 2.45) is 0 Å². The van der Waals surface area contributed by atoms with E-state index in [0.717, 1.165) is 27.8 Å². The Bertz CT molecular complexity index is 688. The first-order valence-corrected chi connectivity index (χ1v) is 8.01. The van der Waals surface area contributed by atoms with Crippen LogP contribution in [0.2, 0.25) is 0 Å². The first-order chi connectivity index (χ1) is 10.7. The normalized spacial score (nSPS) is 17.0. The zero-order chi connectivity index (χ0) is 17.2. The maximum absolute atomic E-state index is 12.3. The molecule has 122 valence electrons. The number of rotatable bonds is 3. The van der Waals surface area contributed by atoms with E-state index in [1.807, 2.05) is 31.2 Å². The minimum atomic E-state index is -0.656. The molecular weight excluding hydrogens is 314 g/mol. The Morgan fingerprint density at radius 3 is 2.61 bits per heavy atom. The molecule has 1 aliphatic heterocycles. The van der Waals surface area contributed by atoms with Crippen LogP contribution in [0.1, 0.15) is 31.9 Å². The van der Waals surface area contributed by atoms with E-state index in [4.69, 9.17) is 4.74 Å². The Kier molecular flexibility index (Phi) is 4.94. The van der Waals surface area contributed by atoms with Crippen LogP contribution in [0.5, 0.6) is 0 Å². The molecule has 2 rings (SSSR count). The Morgan fingerprint density at radius 2 is 2.00 bits per heavy atom. The number of imide groups is 1. The summed E-state index contributed by atoms with van der Waals surface area (Å²) >= 11 is 0.833. The average molecular weight is 333 g/mol. The number of amides is 2. The molecule has 5 nitrogen and oxygen atoms in total. The fourth-order valence-electron chi connectivity index (χ4n) is 2.05. The first-order valence-electron chi connectivity index (χ1n) is 7.19. The van der Waals surface area contributed by atoms with E-state index in [-0.39, 0.29) is 6.54 Å². The fraction of sp³-hybridized carbons (Fsp3) is 0.353. The molecule has 0 aliphatic carbocycles. The molecule has 0 spiro atoms. The molecule has 1 fully saturated rings. The van der Waals surface area contributed by atoms with Gasteiger partial charge < -0.3 is 4.74 Å². The van der Waals surface area contributed by atoms with Gasteiger partial charge in [-0.25, -0.2) is 0 Å². The lowest BCUT2D eigenvalue weighted by molar-refractivity contribution is -0.156. The summed E-state index contributed by atoms with van der Waals surface area (Å²) in [4.78, 5) is 37.3. The highest BCUT2D eigenvalue weighted by atomic mass is 32.2. The molecule has 0 bridgehead atoms. The molecule has 1 heterocycles. The molecule has 0 unspecified atom stereocenters. The summed E-state index contributed by atoms with van der Waals surface area (Å²) in [5.41, 5.74) is 1.25. The zero-order valence-corrected chi connectivity index (χ0v) is 14.4. The molecule has 0 aromatic heterocycles. The largest absolute Gasteiger partial charge is 0.459 e. The molecule has 1 aliphatic rings. The van der Waals surface area contributed by atoms with E-state index >= 15 is 0 Å². The molecule has 1 saturated heterocycles. The maximum atomic E-state index is 12.3. The van der Waals surface area contributed by atoms with Crippen molar-refractivity contribution in [1.29, 1.82) is 0 Å². The van der Waals surface area contributed by atoms with Gasteiger partial charge in [0.15, 0.2) is 0 Å². The van der Waals surface area contributed by atoms with Crippen LogP contribution in [0, 0.1) is 6.92 Å². The number of hydrogen-bond acceptors (Lipinski definition) is 5. The van der Waals surface area contributed by atoms with Crippen molar-refractivity contribution in [1.82, 2.24) is 4.90 Å². The van der Waals surface area contributed by atoms with Crippen molar-refractivity contribution in [3.05, 3.63) is 40.3 Å². The van der Waals surface area contributed by atoms with Gasteiger partial charge in [0.2, 0.25) is 0 Å². The molecule has 0 saturated carbocycles. The van der Waals surface area contributed by atoms with Gasteiger partial charge in [0, 0.05) is 0 Å². The Morgan fingerprint density at radius 1 is 1.30 bits per heavy atom. The van der Waals surface area contributed by atoms with Crippen LogP contribution < -0.4 is 0 Å². The molecule has 2 amide bonds. The number of ether oxygens (including phenoxy) is 1. The fourth-order valence-corrected chi connectivity index (χ4v) is 2.89. The van der Waals surface area contributed by atoms with Crippen molar-refractivity contribution >= 4 is 35.0 Å². The highest BCUT2D eigenvalue weighted by molar-refractivity contribution is 8.18. The topological polar surface area (TPSA) is 63.7 Å². The lowest BCUT2D eigenvalue weighted by Crippen LogP contribution is -2.37. The van der Waals surface area contributed by atoms with E-state index in [1.165, 1.54) is 0 Å². The number of benzene rings is 1. The summed E-state index contributed by atoms with van der Waals surface area (Å²) in [5, 5.41) is -0.459. The predicted molar refractivity (Wildman–Crippen MR) is 89.7 cm³/mol. The lowest BCUT2D eigenvalue weighted by atomic mass is 10.1. The van der Waals surface area contributed by atoms with Crippen LogP contribution >= 0.6 is 11.8 Å². The molecule has 0 atom stereocenters. The lowest BCUT2D eigenvalue weighted by Gasteiger charge is -2.21. The minimum Gasteiger partial charge on any atom is -0.459 e. The SMILES string of the molecule is Cc1cccc(C=C2SC(=O)N(CC(=O)OC(C)(C)C)C2=O)c1. The summed E-state index contributed by atoms with van der Waals surface area (Å²) in [7, 11) is 0. The van der Waals surface area contributed by atoms with Crippen molar-refractivity contribution in [3.8, 4) is 0 Å². The van der Waals surface area contributed by atoms with Gasteiger partial charge in [-0.3, -0.25) is 19.3 Å². The van der Waals surface area contributed by atoms with Crippen LogP contribution in [-0.2, 0) is 14.3 Å². The second-order valence-corrected chi connectivity index (χ2v) is 7.26.